The van der Waals surface area contributed by atoms with Crippen molar-refractivity contribution in [2.75, 3.05) is 7.11 Å². The first-order valence-electron chi connectivity index (χ1n) is 6.58. The van der Waals surface area contributed by atoms with Gasteiger partial charge in [0.05, 0.1) is 18.9 Å². The summed E-state index contributed by atoms with van der Waals surface area (Å²) >= 11 is 0. The second-order valence-corrected chi connectivity index (χ2v) is 5.52. The Hall–Kier alpha value is -1.97. The van der Waals surface area contributed by atoms with E-state index < -0.39 is 0 Å². The Morgan fingerprint density at radius 3 is 2.45 bits per heavy atom. The van der Waals surface area contributed by atoms with Crippen molar-refractivity contribution in [2.45, 2.75) is 39.5 Å². The van der Waals surface area contributed by atoms with E-state index in [0.29, 0.717) is 29.7 Å². The molecule has 0 saturated carbocycles. The van der Waals surface area contributed by atoms with Crippen LogP contribution in [0.3, 0.4) is 0 Å². The van der Waals surface area contributed by atoms with Crippen molar-refractivity contribution >= 4 is 24.0 Å². The number of aliphatic imine (C=N–C) groups is 1. The van der Waals surface area contributed by atoms with Crippen molar-refractivity contribution in [3.8, 4) is 5.75 Å². The summed E-state index contributed by atoms with van der Waals surface area (Å²) in [5, 5.41) is 0. The predicted molar refractivity (Wildman–Crippen MR) is 80.5 cm³/mol. The minimum atomic E-state index is -0.125. The highest BCUT2D eigenvalue weighted by Crippen LogP contribution is 2.37. The highest BCUT2D eigenvalue weighted by molar-refractivity contribution is 6.14. The van der Waals surface area contributed by atoms with Crippen LogP contribution >= 0.6 is 0 Å². The molecule has 0 aliphatic carbocycles. The van der Waals surface area contributed by atoms with E-state index in [0.717, 1.165) is 11.8 Å². The summed E-state index contributed by atoms with van der Waals surface area (Å²) in [6, 6.07) is 3.70. The van der Waals surface area contributed by atoms with Crippen molar-refractivity contribution in [2.24, 2.45) is 4.99 Å². The number of ether oxygens (including phenoxy) is 1. The zero-order chi connectivity index (χ0) is 15.3. The molecule has 0 amide bonds. The smallest absolute Gasteiger partial charge is 0.166 e. The summed E-state index contributed by atoms with van der Waals surface area (Å²) in [6.07, 6.45) is 2.15. The molecular weight excluding hydrogens is 254 g/mol. The average molecular weight is 275 g/mol. The van der Waals surface area contributed by atoms with Crippen LogP contribution in [-0.4, -0.2) is 25.4 Å². The molecule has 1 aromatic rings. The molecule has 0 radical (unpaired) electrons. The maximum absolute atomic E-state index is 12.1. The van der Waals surface area contributed by atoms with Crippen molar-refractivity contribution in [3.63, 3.8) is 0 Å². The molecular formula is C16H21NO3. The largest absolute Gasteiger partial charge is 0.494 e. The number of methoxy groups -OCH3 is 1. The van der Waals surface area contributed by atoms with Gasteiger partial charge in [0.15, 0.2) is 17.8 Å². The first-order valence-corrected chi connectivity index (χ1v) is 6.58. The van der Waals surface area contributed by atoms with Crippen LogP contribution < -0.4 is 4.74 Å². The van der Waals surface area contributed by atoms with Crippen molar-refractivity contribution in [1.29, 1.82) is 0 Å². The van der Waals surface area contributed by atoms with Gasteiger partial charge in [-0.05, 0) is 23.1 Å². The SMILES string of the molecule is CCC(=O)c1cc(C(C)(C)C)cc(N=CC=O)c1OC. The normalized spacial score (nSPS) is 11.7. The molecule has 0 aromatic heterocycles. The summed E-state index contributed by atoms with van der Waals surface area (Å²) in [6.45, 7) is 7.98. The molecule has 0 atom stereocenters. The Morgan fingerprint density at radius 1 is 1.35 bits per heavy atom. The van der Waals surface area contributed by atoms with Crippen LogP contribution in [0.25, 0.3) is 0 Å². The van der Waals surface area contributed by atoms with E-state index >= 15 is 0 Å². The van der Waals surface area contributed by atoms with E-state index in [9.17, 15) is 9.59 Å². The van der Waals surface area contributed by atoms with E-state index in [4.69, 9.17) is 4.74 Å². The van der Waals surface area contributed by atoms with Gasteiger partial charge < -0.3 is 4.74 Å². The van der Waals surface area contributed by atoms with Gasteiger partial charge in [-0.15, -0.1) is 0 Å². The number of ketones is 1. The highest BCUT2D eigenvalue weighted by Gasteiger charge is 2.21. The second kappa shape index (κ2) is 6.46. The number of nitrogens with zero attached hydrogens (tertiary/aromatic N) is 1. The van der Waals surface area contributed by atoms with Gasteiger partial charge in [0.25, 0.3) is 0 Å². The molecule has 20 heavy (non-hydrogen) atoms. The summed E-state index contributed by atoms with van der Waals surface area (Å²) in [4.78, 5) is 26.7. The maximum atomic E-state index is 12.1. The van der Waals surface area contributed by atoms with Crippen LogP contribution in [0, 0.1) is 0 Å². The molecule has 0 bridgehead atoms. The first kappa shape index (κ1) is 16.1. The fraction of sp³-hybridized carbons (Fsp3) is 0.438. The third-order valence-electron chi connectivity index (χ3n) is 3.04. The minimum Gasteiger partial charge on any atom is -0.494 e. The Morgan fingerprint density at radius 2 is 2.00 bits per heavy atom. The van der Waals surface area contributed by atoms with E-state index in [1.165, 1.54) is 7.11 Å². The lowest BCUT2D eigenvalue weighted by Gasteiger charge is -2.22. The molecule has 0 unspecified atom stereocenters. The van der Waals surface area contributed by atoms with Gasteiger partial charge in [0.2, 0.25) is 0 Å². The van der Waals surface area contributed by atoms with Crippen LogP contribution in [0.4, 0.5) is 5.69 Å². The molecule has 108 valence electrons. The quantitative estimate of drug-likeness (QED) is 0.469. The average Bonchev–Trinajstić information content (AvgIpc) is 2.41. The number of benzene rings is 1. The van der Waals surface area contributed by atoms with Gasteiger partial charge >= 0.3 is 0 Å². The van der Waals surface area contributed by atoms with Crippen LogP contribution in [0.2, 0.25) is 0 Å². The lowest BCUT2D eigenvalue weighted by atomic mass is 9.85. The van der Waals surface area contributed by atoms with Crippen molar-refractivity contribution < 1.29 is 14.3 Å². The number of Topliss-reactive ketones (excluding diaryl/α,β-unsaturated/α-hetero) is 1. The molecule has 0 aliphatic rings. The predicted octanol–water partition coefficient (Wildman–Crippen LogP) is 3.49. The molecule has 0 N–H and O–H groups in total. The third-order valence-corrected chi connectivity index (χ3v) is 3.04. The van der Waals surface area contributed by atoms with Crippen molar-refractivity contribution in [1.82, 2.24) is 0 Å². The number of carbonyl (C=O) groups is 2. The lowest BCUT2D eigenvalue weighted by molar-refractivity contribution is -0.102. The molecule has 0 aliphatic heterocycles. The highest BCUT2D eigenvalue weighted by atomic mass is 16.5. The maximum Gasteiger partial charge on any atom is 0.166 e. The van der Waals surface area contributed by atoms with Crippen LogP contribution in [0.5, 0.6) is 5.75 Å². The number of aldehydes is 1. The molecule has 1 rings (SSSR count). The number of rotatable bonds is 5. The summed E-state index contributed by atoms with van der Waals surface area (Å²) in [5.74, 6) is 0.415. The van der Waals surface area contributed by atoms with Crippen LogP contribution in [0.15, 0.2) is 17.1 Å². The fourth-order valence-electron chi connectivity index (χ4n) is 1.87. The van der Waals surface area contributed by atoms with E-state index in [1.54, 1.807) is 6.92 Å². The fourth-order valence-corrected chi connectivity index (χ4v) is 1.87. The van der Waals surface area contributed by atoms with Crippen LogP contribution in [0.1, 0.15) is 50.0 Å². The molecule has 0 saturated heterocycles. The van der Waals surface area contributed by atoms with Gasteiger partial charge in [-0.1, -0.05) is 27.7 Å². The van der Waals surface area contributed by atoms with Gasteiger partial charge in [-0.25, -0.2) is 4.99 Å². The second-order valence-electron chi connectivity index (χ2n) is 5.52. The Labute approximate surface area is 119 Å². The Balaban J connectivity index is 3.59. The van der Waals surface area contributed by atoms with E-state index in [2.05, 4.69) is 25.8 Å². The molecule has 1 aromatic carbocycles. The standard InChI is InChI=1S/C16H21NO3/c1-6-14(19)12-9-11(16(2,3)4)10-13(15(12)20-5)17-7-8-18/h7-10H,6H2,1-5H3. The number of hydrogen-bond donors (Lipinski definition) is 0. The summed E-state index contributed by atoms with van der Waals surface area (Å²) < 4.78 is 5.31. The minimum absolute atomic E-state index is 0.00416. The molecule has 0 fully saturated rings. The molecule has 4 heteroatoms. The molecule has 4 nitrogen and oxygen atoms in total. The molecule has 0 heterocycles. The van der Waals surface area contributed by atoms with Gasteiger partial charge in [-0.3, -0.25) is 9.59 Å². The topological polar surface area (TPSA) is 55.7 Å². The summed E-state index contributed by atoms with van der Waals surface area (Å²) in [5.41, 5.74) is 1.87. The van der Waals surface area contributed by atoms with Crippen molar-refractivity contribution in [3.05, 3.63) is 23.3 Å². The Kier molecular flexibility index (Phi) is 5.19. The number of carbonyl (C=O) groups excluding carboxylic acids is 2. The third kappa shape index (κ3) is 3.53. The van der Waals surface area contributed by atoms with Gasteiger partial charge in [-0.2, -0.15) is 0 Å². The molecule has 0 spiro atoms. The Bertz CT molecular complexity index is 539. The zero-order valence-corrected chi connectivity index (χ0v) is 12.7. The van der Waals surface area contributed by atoms with Gasteiger partial charge in [0.1, 0.15) is 5.69 Å². The monoisotopic (exact) mass is 275 g/mol. The number of hydrogen-bond acceptors (Lipinski definition) is 4. The van der Waals surface area contributed by atoms with E-state index in [1.807, 2.05) is 12.1 Å². The van der Waals surface area contributed by atoms with Crippen LogP contribution in [-0.2, 0) is 10.2 Å². The zero-order valence-electron chi connectivity index (χ0n) is 12.7. The van der Waals surface area contributed by atoms with Gasteiger partial charge in [0, 0.05) is 6.42 Å². The van der Waals surface area contributed by atoms with E-state index in [-0.39, 0.29) is 11.2 Å². The first-order chi connectivity index (χ1) is 9.35. The lowest BCUT2D eigenvalue weighted by Crippen LogP contribution is -2.13. The summed E-state index contributed by atoms with van der Waals surface area (Å²) in [7, 11) is 1.50.